The summed E-state index contributed by atoms with van der Waals surface area (Å²) in [5, 5.41) is 12.3. The lowest BCUT2D eigenvalue weighted by molar-refractivity contribution is -0.132. The number of carbonyl (C=O) groups is 2. The number of carbonyl (C=O) groups excluding carboxylic acids is 2. The normalized spacial score (nSPS) is 17.8. The first-order valence-electron chi connectivity index (χ1n) is 11.0. The largest absolute Gasteiger partial charge is 0.507 e. The lowest BCUT2D eigenvalue weighted by Gasteiger charge is -2.28. The van der Waals surface area contributed by atoms with E-state index >= 15 is 0 Å². The van der Waals surface area contributed by atoms with Gasteiger partial charge in [0.05, 0.1) is 21.7 Å². The first-order valence-corrected chi connectivity index (χ1v) is 12.2. The van der Waals surface area contributed by atoms with Gasteiger partial charge in [0.1, 0.15) is 5.76 Å². The molecule has 1 N–H and O–H groups in total. The summed E-state index contributed by atoms with van der Waals surface area (Å²) in [5.74, 6) is -1.84. The van der Waals surface area contributed by atoms with Gasteiger partial charge in [-0.15, -0.1) is 0 Å². The van der Waals surface area contributed by atoms with Gasteiger partial charge < -0.3 is 5.11 Å². The molecule has 7 heteroatoms. The molecule has 0 aliphatic carbocycles. The molecule has 1 fully saturated rings. The Hall–Kier alpha value is -2.79. The van der Waals surface area contributed by atoms with Gasteiger partial charge in [0.25, 0.3) is 11.7 Å². The monoisotopic (exact) mass is 527 g/mol. The fourth-order valence-corrected chi connectivity index (χ4v) is 4.77. The van der Waals surface area contributed by atoms with Crippen molar-refractivity contribution < 1.29 is 14.7 Å². The molecule has 4 rings (SSSR count). The molecule has 1 amide bonds. The summed E-state index contributed by atoms with van der Waals surface area (Å²) in [5.41, 5.74) is 3.25. The zero-order chi connectivity index (χ0) is 25.7. The van der Waals surface area contributed by atoms with E-state index in [0.29, 0.717) is 26.9 Å². The highest BCUT2D eigenvalue weighted by atomic mass is 35.5. The molecule has 0 saturated carbocycles. The third-order valence-electron chi connectivity index (χ3n) is 6.15. The number of nitrogens with zero attached hydrogens (tertiary/aromatic N) is 1. The van der Waals surface area contributed by atoms with Gasteiger partial charge in [0.15, 0.2) is 0 Å². The molecule has 4 nitrogen and oxygen atoms in total. The van der Waals surface area contributed by atoms with E-state index < -0.39 is 17.7 Å². The summed E-state index contributed by atoms with van der Waals surface area (Å²) in [6.45, 7) is 8.14. The van der Waals surface area contributed by atoms with E-state index in [1.54, 1.807) is 24.3 Å². The van der Waals surface area contributed by atoms with Crippen LogP contribution in [0.15, 0.2) is 66.2 Å². The number of benzene rings is 3. The Morgan fingerprint density at radius 1 is 0.886 bits per heavy atom. The van der Waals surface area contributed by atoms with Crippen LogP contribution >= 0.6 is 34.8 Å². The summed E-state index contributed by atoms with van der Waals surface area (Å²) in [7, 11) is 0. The number of ketones is 1. The Morgan fingerprint density at radius 3 is 2.11 bits per heavy atom. The predicted octanol–water partition coefficient (Wildman–Crippen LogP) is 7.88. The topological polar surface area (TPSA) is 57.6 Å². The van der Waals surface area contributed by atoms with Crippen LogP contribution in [0.5, 0.6) is 0 Å². The summed E-state index contributed by atoms with van der Waals surface area (Å²) < 4.78 is 0. The third-order valence-corrected chi connectivity index (χ3v) is 7.12. The second-order valence-corrected chi connectivity index (χ2v) is 10.9. The van der Waals surface area contributed by atoms with Gasteiger partial charge in [0, 0.05) is 16.3 Å². The number of amides is 1. The van der Waals surface area contributed by atoms with Crippen LogP contribution in [0.2, 0.25) is 15.1 Å². The van der Waals surface area contributed by atoms with Gasteiger partial charge >= 0.3 is 0 Å². The molecule has 1 atom stereocenters. The minimum Gasteiger partial charge on any atom is -0.507 e. The fraction of sp³-hybridized carbons (Fsp3) is 0.214. The van der Waals surface area contributed by atoms with E-state index in [4.69, 9.17) is 34.8 Å². The number of hydrogen-bond donors (Lipinski definition) is 1. The molecule has 180 valence electrons. The van der Waals surface area contributed by atoms with Crippen molar-refractivity contribution in [3.05, 3.63) is 104 Å². The van der Waals surface area contributed by atoms with Crippen molar-refractivity contribution in [3.8, 4) is 0 Å². The van der Waals surface area contributed by atoms with Crippen LogP contribution < -0.4 is 4.90 Å². The Kier molecular flexibility index (Phi) is 6.76. The number of aliphatic hydroxyl groups is 1. The lowest BCUT2D eigenvalue weighted by atomic mass is 9.85. The van der Waals surface area contributed by atoms with Crippen LogP contribution in [0.3, 0.4) is 0 Å². The van der Waals surface area contributed by atoms with Gasteiger partial charge in [-0.3, -0.25) is 14.5 Å². The number of halogens is 3. The average Bonchev–Trinajstić information content (AvgIpc) is 3.05. The first-order chi connectivity index (χ1) is 16.4. The second kappa shape index (κ2) is 9.34. The maximum absolute atomic E-state index is 13.4. The van der Waals surface area contributed by atoms with Gasteiger partial charge in [-0.25, -0.2) is 0 Å². The van der Waals surface area contributed by atoms with Crippen molar-refractivity contribution in [2.45, 2.75) is 39.2 Å². The molecule has 1 aliphatic rings. The summed E-state index contributed by atoms with van der Waals surface area (Å²) in [6, 6.07) is 16.5. The zero-order valence-electron chi connectivity index (χ0n) is 19.7. The van der Waals surface area contributed by atoms with E-state index in [1.807, 2.05) is 31.2 Å². The van der Waals surface area contributed by atoms with Crippen molar-refractivity contribution in [3.63, 3.8) is 0 Å². The Labute approximate surface area is 219 Å². The molecule has 1 unspecified atom stereocenters. The SMILES string of the molecule is Cc1cc(Cl)ccc1N1C(=O)C(=O)/C(=C(/O)c2ccc(Cl)c(Cl)c2)C1c1ccc(C(C)(C)C)cc1. The summed E-state index contributed by atoms with van der Waals surface area (Å²) in [6.07, 6.45) is 0. The Balaban J connectivity index is 1.96. The third kappa shape index (κ3) is 4.71. The van der Waals surface area contributed by atoms with Crippen molar-refractivity contribution in [2.75, 3.05) is 4.90 Å². The highest BCUT2D eigenvalue weighted by Crippen LogP contribution is 2.44. The molecule has 0 bridgehead atoms. The smallest absolute Gasteiger partial charge is 0.300 e. The molecular formula is C28H24Cl3NO3. The van der Waals surface area contributed by atoms with Crippen molar-refractivity contribution in [1.29, 1.82) is 0 Å². The van der Waals surface area contributed by atoms with Crippen LogP contribution in [0.1, 0.15) is 49.1 Å². The van der Waals surface area contributed by atoms with E-state index in [1.165, 1.54) is 17.0 Å². The number of anilines is 1. The minimum atomic E-state index is -0.849. The van der Waals surface area contributed by atoms with Crippen LogP contribution in [0.25, 0.3) is 5.76 Å². The number of aryl methyl sites for hydroxylation is 1. The minimum absolute atomic E-state index is 0.0220. The number of hydrogen-bond acceptors (Lipinski definition) is 3. The second-order valence-electron chi connectivity index (χ2n) is 9.60. The van der Waals surface area contributed by atoms with Crippen LogP contribution in [-0.4, -0.2) is 16.8 Å². The van der Waals surface area contributed by atoms with Crippen molar-refractivity contribution >= 4 is 57.9 Å². The van der Waals surface area contributed by atoms with Gasteiger partial charge in [-0.2, -0.15) is 0 Å². The van der Waals surface area contributed by atoms with E-state index in [0.717, 1.165) is 11.1 Å². The molecule has 3 aromatic carbocycles. The first kappa shape index (κ1) is 25.3. The molecule has 1 saturated heterocycles. The van der Waals surface area contributed by atoms with E-state index in [9.17, 15) is 14.7 Å². The summed E-state index contributed by atoms with van der Waals surface area (Å²) in [4.78, 5) is 28.1. The standard InChI is InChI=1S/C28H24Cl3NO3/c1-15-13-19(29)10-12-22(15)32-24(16-5-8-18(9-6-16)28(2,3)4)23(26(34)27(32)35)25(33)17-7-11-20(30)21(31)14-17/h5-14,24,33H,1-4H3/b25-23+. The summed E-state index contributed by atoms with van der Waals surface area (Å²) >= 11 is 18.3. The molecule has 0 spiro atoms. The van der Waals surface area contributed by atoms with Crippen molar-refractivity contribution in [1.82, 2.24) is 0 Å². The lowest BCUT2D eigenvalue weighted by Crippen LogP contribution is -2.30. The quantitative estimate of drug-likeness (QED) is 0.214. The molecule has 1 aliphatic heterocycles. The van der Waals surface area contributed by atoms with E-state index in [2.05, 4.69) is 20.8 Å². The Morgan fingerprint density at radius 2 is 1.54 bits per heavy atom. The number of rotatable bonds is 3. The fourth-order valence-electron chi connectivity index (χ4n) is 4.25. The molecule has 1 heterocycles. The number of aliphatic hydroxyl groups excluding tert-OH is 1. The van der Waals surface area contributed by atoms with Gasteiger partial charge in [-0.1, -0.05) is 79.8 Å². The molecule has 35 heavy (non-hydrogen) atoms. The van der Waals surface area contributed by atoms with Crippen LogP contribution in [0, 0.1) is 6.92 Å². The van der Waals surface area contributed by atoms with Crippen LogP contribution in [-0.2, 0) is 15.0 Å². The molecular weight excluding hydrogens is 505 g/mol. The van der Waals surface area contributed by atoms with E-state index in [-0.39, 0.29) is 21.8 Å². The highest BCUT2D eigenvalue weighted by Gasteiger charge is 2.47. The predicted molar refractivity (Wildman–Crippen MR) is 143 cm³/mol. The average molecular weight is 529 g/mol. The zero-order valence-corrected chi connectivity index (χ0v) is 22.0. The van der Waals surface area contributed by atoms with Crippen LogP contribution in [0.4, 0.5) is 5.69 Å². The maximum Gasteiger partial charge on any atom is 0.300 e. The maximum atomic E-state index is 13.4. The molecule has 0 aromatic heterocycles. The molecule has 0 radical (unpaired) electrons. The Bertz CT molecular complexity index is 1370. The van der Waals surface area contributed by atoms with Crippen molar-refractivity contribution in [2.24, 2.45) is 0 Å². The molecule has 3 aromatic rings. The van der Waals surface area contributed by atoms with Gasteiger partial charge in [-0.05, 0) is 65.4 Å². The number of Topliss-reactive ketones (excluding diaryl/α,β-unsaturated/α-hetero) is 1. The van der Waals surface area contributed by atoms with Gasteiger partial charge in [0.2, 0.25) is 0 Å². The highest BCUT2D eigenvalue weighted by molar-refractivity contribution is 6.52.